The number of hydrogen-bond acceptors (Lipinski definition) is 2. The van der Waals surface area contributed by atoms with Crippen LogP contribution in [0, 0.1) is 0 Å². The lowest BCUT2D eigenvalue weighted by Crippen LogP contribution is -2.33. The number of carbonyl (C=O) groups excluding carboxylic acids is 1. The largest absolute Gasteiger partial charge is 0.447 e. The summed E-state index contributed by atoms with van der Waals surface area (Å²) in [5, 5.41) is 0. The number of carbonyl (C=O) groups is 1. The molecule has 0 saturated carbocycles. The lowest BCUT2D eigenvalue weighted by Gasteiger charge is -2.30. The van der Waals surface area contributed by atoms with Crippen LogP contribution in [0.5, 0.6) is 0 Å². The van der Waals surface area contributed by atoms with Crippen molar-refractivity contribution < 1.29 is 9.53 Å². The number of hydrogen-bond donors (Lipinski definition) is 0. The molecule has 24 heavy (non-hydrogen) atoms. The summed E-state index contributed by atoms with van der Waals surface area (Å²) in [6.07, 6.45) is 8.20. The van der Waals surface area contributed by atoms with Crippen LogP contribution in [0.3, 0.4) is 0 Å². The second kappa shape index (κ2) is 7.21. The molecular formula is C20H22N2O2. The van der Waals surface area contributed by atoms with E-state index in [9.17, 15) is 4.79 Å². The Morgan fingerprint density at radius 1 is 1.29 bits per heavy atom. The van der Waals surface area contributed by atoms with Crippen molar-refractivity contribution in [2.75, 3.05) is 6.61 Å². The third kappa shape index (κ3) is 3.00. The van der Waals surface area contributed by atoms with Gasteiger partial charge in [-0.25, -0.2) is 4.79 Å². The summed E-state index contributed by atoms with van der Waals surface area (Å²) in [5.41, 5.74) is 2.13. The lowest BCUT2D eigenvalue weighted by molar-refractivity contribution is 0.143. The number of allylic oxidation sites excluding steroid dienone is 1. The second-order valence-electron chi connectivity index (χ2n) is 5.77. The minimum atomic E-state index is -0.274. The summed E-state index contributed by atoms with van der Waals surface area (Å²) in [6, 6.07) is 13.9. The van der Waals surface area contributed by atoms with E-state index < -0.39 is 0 Å². The van der Waals surface area contributed by atoms with E-state index in [1.54, 1.807) is 0 Å². The first-order valence-corrected chi connectivity index (χ1v) is 8.16. The van der Waals surface area contributed by atoms with Gasteiger partial charge in [-0.1, -0.05) is 42.5 Å². The molecule has 2 atom stereocenters. The van der Waals surface area contributed by atoms with Gasteiger partial charge in [-0.2, -0.15) is 0 Å². The molecule has 1 aliphatic heterocycles. The fourth-order valence-electron chi connectivity index (χ4n) is 3.23. The summed E-state index contributed by atoms with van der Waals surface area (Å²) < 4.78 is 7.43. The average molecular weight is 322 g/mol. The van der Waals surface area contributed by atoms with Gasteiger partial charge in [0.2, 0.25) is 0 Å². The van der Waals surface area contributed by atoms with Crippen molar-refractivity contribution in [1.29, 1.82) is 0 Å². The van der Waals surface area contributed by atoms with Gasteiger partial charge >= 0.3 is 6.09 Å². The Labute approximate surface area is 142 Å². The van der Waals surface area contributed by atoms with Crippen molar-refractivity contribution in [2.24, 2.45) is 0 Å². The van der Waals surface area contributed by atoms with Gasteiger partial charge in [-0.05, 0) is 31.0 Å². The van der Waals surface area contributed by atoms with E-state index in [1.807, 2.05) is 83.4 Å². The lowest BCUT2D eigenvalue weighted by atomic mass is 10.0. The van der Waals surface area contributed by atoms with E-state index >= 15 is 0 Å². The molecule has 0 N–H and O–H groups in total. The molecule has 0 unspecified atom stereocenters. The zero-order valence-corrected chi connectivity index (χ0v) is 13.8. The number of rotatable bonds is 6. The number of cyclic esters (lactones) is 1. The Hall–Kier alpha value is -2.75. The molecule has 1 saturated heterocycles. The molecule has 1 aromatic carbocycles. The van der Waals surface area contributed by atoms with Gasteiger partial charge < -0.3 is 9.30 Å². The molecule has 1 amide bonds. The molecule has 4 heteroatoms. The van der Waals surface area contributed by atoms with E-state index in [0.29, 0.717) is 13.0 Å². The van der Waals surface area contributed by atoms with Crippen LogP contribution in [0.2, 0.25) is 0 Å². The Balaban J connectivity index is 2.01. The molecule has 1 aliphatic rings. The summed E-state index contributed by atoms with van der Waals surface area (Å²) in [6.45, 7) is 6.23. The number of benzene rings is 1. The van der Waals surface area contributed by atoms with Crippen LogP contribution in [0.15, 0.2) is 67.4 Å². The van der Waals surface area contributed by atoms with Crippen LogP contribution in [0.25, 0.3) is 6.20 Å². The third-order valence-corrected chi connectivity index (χ3v) is 4.28. The number of ether oxygens (including phenoxy) is 1. The topological polar surface area (TPSA) is 34.5 Å². The average Bonchev–Trinajstić information content (AvgIpc) is 3.21. The highest BCUT2D eigenvalue weighted by Crippen LogP contribution is 2.38. The standard InChI is InChI=1S/C20H22N2O2/c1-3-9-18(17-12-8-14-21(17)13-4-2)22-19(15-24-20(22)23)16-10-6-5-7-11-16/h3-8,10-14,18-19H,1,9,15H2,2H3/b13-4-/t18-,19+/m0/s1. The van der Waals surface area contributed by atoms with Gasteiger partial charge in [0, 0.05) is 18.1 Å². The van der Waals surface area contributed by atoms with Crippen LogP contribution in [0.1, 0.15) is 36.7 Å². The van der Waals surface area contributed by atoms with Crippen LogP contribution >= 0.6 is 0 Å². The number of nitrogens with zero attached hydrogens (tertiary/aromatic N) is 2. The minimum Gasteiger partial charge on any atom is -0.447 e. The summed E-state index contributed by atoms with van der Waals surface area (Å²) in [5.74, 6) is 0. The molecule has 0 spiro atoms. The number of amides is 1. The normalized spacial score (nSPS) is 18.8. The van der Waals surface area contributed by atoms with E-state index in [1.165, 1.54) is 0 Å². The maximum atomic E-state index is 12.5. The monoisotopic (exact) mass is 322 g/mol. The zero-order valence-electron chi connectivity index (χ0n) is 13.8. The first-order valence-electron chi connectivity index (χ1n) is 8.16. The highest BCUT2D eigenvalue weighted by atomic mass is 16.6. The fraction of sp³-hybridized carbons (Fsp3) is 0.250. The summed E-state index contributed by atoms with van der Waals surface area (Å²) in [4.78, 5) is 14.3. The first kappa shape index (κ1) is 16.1. The third-order valence-electron chi connectivity index (χ3n) is 4.28. The molecule has 0 bridgehead atoms. The van der Waals surface area contributed by atoms with Crippen LogP contribution in [0.4, 0.5) is 4.79 Å². The Morgan fingerprint density at radius 2 is 2.08 bits per heavy atom. The molecule has 4 nitrogen and oxygen atoms in total. The fourth-order valence-corrected chi connectivity index (χ4v) is 3.23. The van der Waals surface area contributed by atoms with E-state index in [4.69, 9.17) is 4.74 Å². The van der Waals surface area contributed by atoms with Gasteiger partial charge in [0.05, 0.1) is 12.1 Å². The molecule has 124 valence electrons. The Morgan fingerprint density at radius 3 is 2.79 bits per heavy atom. The van der Waals surface area contributed by atoms with E-state index in [-0.39, 0.29) is 18.2 Å². The highest BCUT2D eigenvalue weighted by molar-refractivity contribution is 5.71. The predicted octanol–water partition coefficient (Wildman–Crippen LogP) is 4.79. The van der Waals surface area contributed by atoms with Gasteiger partial charge in [0.25, 0.3) is 0 Å². The maximum absolute atomic E-state index is 12.5. The SMILES string of the molecule is C=CC[C@@H](c1cccn1/C=C\C)N1C(=O)OC[C@@H]1c1ccccc1. The van der Waals surface area contributed by atoms with Gasteiger partial charge in [0.1, 0.15) is 6.61 Å². The van der Waals surface area contributed by atoms with E-state index in [0.717, 1.165) is 11.3 Å². The second-order valence-corrected chi connectivity index (χ2v) is 5.77. The van der Waals surface area contributed by atoms with Crippen LogP contribution < -0.4 is 0 Å². The molecule has 2 aromatic rings. The Kier molecular flexibility index (Phi) is 4.85. The molecule has 1 aromatic heterocycles. The Bertz CT molecular complexity index is 733. The number of aromatic nitrogens is 1. The van der Waals surface area contributed by atoms with Crippen LogP contribution in [-0.2, 0) is 4.74 Å². The van der Waals surface area contributed by atoms with Crippen molar-refractivity contribution in [3.8, 4) is 0 Å². The minimum absolute atomic E-state index is 0.0855. The molecule has 1 fully saturated rings. The molecule has 0 radical (unpaired) electrons. The van der Waals surface area contributed by atoms with Crippen molar-refractivity contribution in [1.82, 2.24) is 9.47 Å². The van der Waals surface area contributed by atoms with Gasteiger partial charge in [0.15, 0.2) is 0 Å². The van der Waals surface area contributed by atoms with Crippen LogP contribution in [-0.4, -0.2) is 22.2 Å². The molecule has 3 rings (SSSR count). The highest BCUT2D eigenvalue weighted by Gasteiger charge is 2.39. The van der Waals surface area contributed by atoms with Gasteiger partial charge in [-0.15, -0.1) is 6.58 Å². The molecule has 2 heterocycles. The van der Waals surface area contributed by atoms with E-state index in [2.05, 4.69) is 6.58 Å². The van der Waals surface area contributed by atoms with Crippen molar-refractivity contribution in [2.45, 2.75) is 25.4 Å². The summed E-state index contributed by atoms with van der Waals surface area (Å²) in [7, 11) is 0. The molecular weight excluding hydrogens is 300 g/mol. The van der Waals surface area contributed by atoms with Gasteiger partial charge in [-0.3, -0.25) is 4.90 Å². The maximum Gasteiger partial charge on any atom is 0.411 e. The first-order chi connectivity index (χ1) is 11.8. The summed E-state index contributed by atoms with van der Waals surface area (Å²) >= 11 is 0. The smallest absolute Gasteiger partial charge is 0.411 e. The van der Waals surface area contributed by atoms with Crippen molar-refractivity contribution >= 4 is 12.3 Å². The molecule has 0 aliphatic carbocycles. The van der Waals surface area contributed by atoms with Crippen molar-refractivity contribution in [3.63, 3.8) is 0 Å². The predicted molar refractivity (Wildman–Crippen MR) is 95.4 cm³/mol. The quantitative estimate of drug-likeness (QED) is 0.717. The van der Waals surface area contributed by atoms with Crippen molar-refractivity contribution in [3.05, 3.63) is 78.6 Å². The zero-order chi connectivity index (χ0) is 16.9.